The first-order chi connectivity index (χ1) is 9.72. The minimum atomic E-state index is -0.424. The van der Waals surface area contributed by atoms with Gasteiger partial charge in [0.25, 0.3) is 5.69 Å². The molecule has 21 heavy (non-hydrogen) atoms. The van der Waals surface area contributed by atoms with E-state index < -0.39 is 4.92 Å². The summed E-state index contributed by atoms with van der Waals surface area (Å²) in [5.74, 6) is 1.26. The number of methoxy groups -OCH3 is 2. The number of hydrogen-bond donors (Lipinski definition) is 1. The normalized spacial score (nSPS) is 11.4. The van der Waals surface area contributed by atoms with Crippen molar-refractivity contribution in [2.45, 2.75) is 27.7 Å². The van der Waals surface area contributed by atoms with Crippen LogP contribution < -0.4 is 14.8 Å². The van der Waals surface area contributed by atoms with Crippen molar-refractivity contribution in [1.29, 1.82) is 0 Å². The molecule has 0 saturated heterocycles. The monoisotopic (exact) mass is 296 g/mol. The van der Waals surface area contributed by atoms with Crippen molar-refractivity contribution < 1.29 is 14.4 Å². The van der Waals surface area contributed by atoms with E-state index in [0.717, 1.165) is 0 Å². The Bertz CT molecular complexity index is 513. The highest BCUT2D eigenvalue weighted by molar-refractivity contribution is 5.68. The van der Waals surface area contributed by atoms with Crippen molar-refractivity contribution in [3.05, 3.63) is 22.2 Å². The Balaban J connectivity index is 3.13. The van der Waals surface area contributed by atoms with Crippen LogP contribution in [0, 0.1) is 21.4 Å². The van der Waals surface area contributed by atoms with Gasteiger partial charge in [-0.05, 0) is 11.3 Å². The van der Waals surface area contributed by atoms with Crippen LogP contribution in [0.15, 0.2) is 12.1 Å². The van der Waals surface area contributed by atoms with E-state index >= 15 is 0 Å². The molecule has 6 nitrogen and oxygen atoms in total. The third-order valence-electron chi connectivity index (χ3n) is 4.00. The van der Waals surface area contributed by atoms with E-state index in [4.69, 9.17) is 9.47 Å². The quantitative estimate of drug-likeness (QED) is 0.613. The fraction of sp³-hybridized carbons (Fsp3) is 0.600. The van der Waals surface area contributed by atoms with Gasteiger partial charge in [-0.15, -0.1) is 0 Å². The maximum absolute atomic E-state index is 11.2. The minimum Gasteiger partial charge on any atom is -0.493 e. The molecule has 0 spiro atoms. The van der Waals surface area contributed by atoms with E-state index in [0.29, 0.717) is 29.6 Å². The maximum atomic E-state index is 11.2. The summed E-state index contributed by atoms with van der Waals surface area (Å²) in [7, 11) is 2.96. The van der Waals surface area contributed by atoms with Gasteiger partial charge in [0, 0.05) is 12.6 Å². The van der Waals surface area contributed by atoms with Gasteiger partial charge in [-0.3, -0.25) is 10.1 Å². The second-order valence-corrected chi connectivity index (χ2v) is 5.98. The Morgan fingerprint density at radius 1 is 1.24 bits per heavy atom. The first kappa shape index (κ1) is 17.1. The second kappa shape index (κ2) is 6.65. The van der Waals surface area contributed by atoms with E-state index in [9.17, 15) is 10.1 Å². The predicted molar refractivity (Wildman–Crippen MR) is 83.3 cm³/mol. The van der Waals surface area contributed by atoms with Crippen molar-refractivity contribution in [3.63, 3.8) is 0 Å². The Kier molecular flexibility index (Phi) is 5.41. The van der Waals surface area contributed by atoms with E-state index in [1.54, 1.807) is 6.07 Å². The SMILES string of the molecule is COc1cc(NCC(C)(C)C(C)C)c([N+](=O)[O-])cc1OC. The first-order valence-electron chi connectivity index (χ1n) is 6.87. The van der Waals surface area contributed by atoms with Crippen LogP contribution in [-0.4, -0.2) is 25.7 Å². The molecule has 0 aromatic heterocycles. The number of nitro groups is 1. The molecule has 0 aliphatic heterocycles. The van der Waals surface area contributed by atoms with Gasteiger partial charge in [-0.25, -0.2) is 0 Å². The van der Waals surface area contributed by atoms with E-state index in [1.165, 1.54) is 20.3 Å². The van der Waals surface area contributed by atoms with Gasteiger partial charge in [0.15, 0.2) is 11.5 Å². The first-order valence-corrected chi connectivity index (χ1v) is 6.87. The zero-order chi connectivity index (χ0) is 16.2. The molecule has 0 saturated carbocycles. The van der Waals surface area contributed by atoms with Crippen molar-refractivity contribution in [3.8, 4) is 11.5 Å². The van der Waals surface area contributed by atoms with Gasteiger partial charge in [-0.1, -0.05) is 27.7 Å². The van der Waals surface area contributed by atoms with Gasteiger partial charge in [0.05, 0.1) is 25.2 Å². The maximum Gasteiger partial charge on any atom is 0.296 e. The number of nitrogens with zero attached hydrogens (tertiary/aromatic N) is 1. The van der Waals surface area contributed by atoms with Crippen molar-refractivity contribution >= 4 is 11.4 Å². The molecule has 0 radical (unpaired) electrons. The highest BCUT2D eigenvalue weighted by Crippen LogP contribution is 2.38. The molecule has 0 atom stereocenters. The fourth-order valence-electron chi connectivity index (χ4n) is 1.69. The van der Waals surface area contributed by atoms with Crippen LogP contribution >= 0.6 is 0 Å². The van der Waals surface area contributed by atoms with E-state index in [2.05, 4.69) is 33.0 Å². The minimum absolute atomic E-state index is 0.0149. The smallest absolute Gasteiger partial charge is 0.296 e. The summed E-state index contributed by atoms with van der Waals surface area (Å²) in [6, 6.07) is 2.98. The second-order valence-electron chi connectivity index (χ2n) is 5.98. The molecule has 0 unspecified atom stereocenters. The van der Waals surface area contributed by atoms with Crippen LogP contribution in [0.1, 0.15) is 27.7 Å². The van der Waals surface area contributed by atoms with Crippen LogP contribution in [0.5, 0.6) is 11.5 Å². The number of anilines is 1. The lowest BCUT2D eigenvalue weighted by Gasteiger charge is -2.29. The predicted octanol–water partition coefficient (Wildman–Crippen LogP) is 3.71. The molecule has 0 aliphatic rings. The van der Waals surface area contributed by atoms with Gasteiger partial charge >= 0.3 is 0 Å². The molecule has 118 valence electrons. The molecule has 6 heteroatoms. The number of nitrogens with one attached hydrogen (secondary N) is 1. The Hall–Kier alpha value is -1.98. The Morgan fingerprint density at radius 3 is 2.19 bits per heavy atom. The van der Waals surface area contributed by atoms with Gasteiger partial charge in [0.2, 0.25) is 0 Å². The zero-order valence-corrected chi connectivity index (χ0v) is 13.5. The summed E-state index contributed by atoms with van der Waals surface area (Å²) in [6.07, 6.45) is 0. The summed E-state index contributed by atoms with van der Waals surface area (Å²) in [5, 5.41) is 14.4. The summed E-state index contributed by atoms with van der Waals surface area (Å²) < 4.78 is 10.3. The third kappa shape index (κ3) is 4.00. The van der Waals surface area contributed by atoms with Crippen LogP contribution in [0.25, 0.3) is 0 Å². The molecule has 0 heterocycles. The average Bonchev–Trinajstić information content (AvgIpc) is 2.43. The highest BCUT2D eigenvalue weighted by atomic mass is 16.6. The molecular weight excluding hydrogens is 272 g/mol. The number of benzene rings is 1. The zero-order valence-electron chi connectivity index (χ0n) is 13.5. The van der Waals surface area contributed by atoms with E-state index in [-0.39, 0.29) is 11.1 Å². The van der Waals surface area contributed by atoms with Gasteiger partial charge in [0.1, 0.15) is 5.69 Å². The lowest BCUT2D eigenvalue weighted by atomic mass is 9.81. The van der Waals surface area contributed by atoms with Crippen LogP contribution in [0.2, 0.25) is 0 Å². The Morgan fingerprint density at radius 2 is 1.76 bits per heavy atom. The topological polar surface area (TPSA) is 73.6 Å². The van der Waals surface area contributed by atoms with Crippen molar-refractivity contribution in [2.75, 3.05) is 26.1 Å². The lowest BCUT2D eigenvalue weighted by molar-refractivity contribution is -0.384. The van der Waals surface area contributed by atoms with Crippen LogP contribution in [-0.2, 0) is 0 Å². The molecule has 0 amide bonds. The average molecular weight is 296 g/mol. The molecule has 0 fully saturated rings. The Labute approximate surface area is 125 Å². The van der Waals surface area contributed by atoms with E-state index in [1.807, 2.05) is 0 Å². The molecule has 1 aromatic rings. The fourth-order valence-corrected chi connectivity index (χ4v) is 1.69. The largest absolute Gasteiger partial charge is 0.493 e. The lowest BCUT2D eigenvalue weighted by Crippen LogP contribution is -2.28. The molecule has 0 aliphatic carbocycles. The summed E-state index contributed by atoms with van der Waals surface area (Å²) in [4.78, 5) is 10.8. The highest BCUT2D eigenvalue weighted by Gasteiger charge is 2.25. The molecule has 1 rings (SSSR count). The van der Waals surface area contributed by atoms with Gasteiger partial charge < -0.3 is 14.8 Å². The number of nitro benzene ring substituents is 1. The summed E-state index contributed by atoms with van der Waals surface area (Å²) >= 11 is 0. The number of ether oxygens (including phenoxy) is 2. The van der Waals surface area contributed by atoms with Gasteiger partial charge in [-0.2, -0.15) is 0 Å². The molecule has 1 aromatic carbocycles. The number of rotatable bonds is 7. The molecule has 1 N–H and O–H groups in total. The van der Waals surface area contributed by atoms with Crippen LogP contribution in [0.3, 0.4) is 0 Å². The molecular formula is C15H24N2O4. The van der Waals surface area contributed by atoms with Crippen molar-refractivity contribution in [2.24, 2.45) is 11.3 Å². The molecule has 0 bridgehead atoms. The summed E-state index contributed by atoms with van der Waals surface area (Å²) in [5.41, 5.74) is 0.430. The number of hydrogen-bond acceptors (Lipinski definition) is 5. The summed E-state index contributed by atoms with van der Waals surface area (Å²) in [6.45, 7) is 9.13. The van der Waals surface area contributed by atoms with Crippen LogP contribution in [0.4, 0.5) is 11.4 Å². The van der Waals surface area contributed by atoms with Crippen molar-refractivity contribution in [1.82, 2.24) is 0 Å². The standard InChI is InChI=1S/C15H24N2O4/c1-10(2)15(3,4)9-16-11-7-13(20-5)14(21-6)8-12(11)17(18)19/h7-8,10,16H,9H2,1-6H3. The third-order valence-corrected chi connectivity index (χ3v) is 4.00.